The number of rotatable bonds is 2. The maximum absolute atomic E-state index is 13.0. The number of β-amino-alcohol motifs (C(OH)–C–C–N with tert-alkyl or cyclic N) is 1. The first-order valence-corrected chi connectivity index (χ1v) is 7.22. The number of aliphatic hydroxyl groups is 1. The zero-order valence-corrected chi connectivity index (χ0v) is 13.2. The fourth-order valence-electron chi connectivity index (χ4n) is 2.98. The highest BCUT2D eigenvalue weighted by atomic mass is 19.1. The van der Waals surface area contributed by atoms with Crippen molar-refractivity contribution in [3.63, 3.8) is 0 Å². The smallest absolute Gasteiger partial charge is 0.332 e. The van der Waals surface area contributed by atoms with Gasteiger partial charge in [0.15, 0.2) is 5.56 Å². The molecule has 0 aliphatic carbocycles. The molecule has 0 amide bonds. The molecule has 7 nitrogen and oxygen atoms in total. The zero-order valence-electron chi connectivity index (χ0n) is 13.2. The Morgan fingerprint density at radius 3 is 2.29 bits per heavy atom. The highest BCUT2D eigenvalue weighted by molar-refractivity contribution is 5.57. The van der Waals surface area contributed by atoms with E-state index in [0.717, 1.165) is 4.57 Å². The van der Waals surface area contributed by atoms with Crippen molar-refractivity contribution in [3.8, 4) is 6.07 Å². The van der Waals surface area contributed by atoms with Crippen LogP contribution in [0.2, 0.25) is 0 Å². The van der Waals surface area contributed by atoms with Gasteiger partial charge in [-0.25, -0.2) is 9.18 Å². The molecule has 1 fully saturated rings. The number of anilines is 1. The summed E-state index contributed by atoms with van der Waals surface area (Å²) in [4.78, 5) is 25.8. The monoisotopic (exact) mass is 330 g/mol. The van der Waals surface area contributed by atoms with Gasteiger partial charge in [0.2, 0.25) is 0 Å². The van der Waals surface area contributed by atoms with Crippen LogP contribution >= 0.6 is 0 Å². The van der Waals surface area contributed by atoms with Crippen molar-refractivity contribution in [2.45, 2.75) is 5.60 Å². The highest BCUT2D eigenvalue weighted by Crippen LogP contribution is 2.35. The maximum Gasteiger partial charge on any atom is 0.332 e. The molecule has 0 atom stereocenters. The van der Waals surface area contributed by atoms with Crippen molar-refractivity contribution in [1.82, 2.24) is 9.13 Å². The second-order valence-corrected chi connectivity index (χ2v) is 5.91. The third-order valence-corrected chi connectivity index (χ3v) is 4.33. The molecule has 2 heterocycles. The molecule has 0 spiro atoms. The van der Waals surface area contributed by atoms with E-state index in [1.165, 1.54) is 42.9 Å². The molecule has 1 N–H and O–H groups in total. The summed E-state index contributed by atoms with van der Waals surface area (Å²) in [6, 6.07) is 7.31. The van der Waals surface area contributed by atoms with Crippen LogP contribution in [0, 0.1) is 17.1 Å². The van der Waals surface area contributed by atoms with Gasteiger partial charge < -0.3 is 10.0 Å². The lowest BCUT2D eigenvalue weighted by atomic mass is 9.86. The van der Waals surface area contributed by atoms with Crippen molar-refractivity contribution in [2.24, 2.45) is 14.1 Å². The van der Waals surface area contributed by atoms with Crippen LogP contribution in [0.1, 0.15) is 11.1 Å². The fourth-order valence-corrected chi connectivity index (χ4v) is 2.98. The van der Waals surface area contributed by atoms with Crippen molar-refractivity contribution in [2.75, 3.05) is 18.0 Å². The van der Waals surface area contributed by atoms with E-state index in [-0.39, 0.29) is 24.5 Å². The van der Waals surface area contributed by atoms with E-state index in [1.54, 1.807) is 4.90 Å². The van der Waals surface area contributed by atoms with E-state index in [0.29, 0.717) is 5.56 Å². The molecule has 0 unspecified atom stereocenters. The number of hydrogen-bond donors (Lipinski definition) is 1. The van der Waals surface area contributed by atoms with Gasteiger partial charge in [0.1, 0.15) is 23.3 Å². The Bertz CT molecular complexity index is 963. The lowest BCUT2D eigenvalue weighted by Gasteiger charge is -2.48. The van der Waals surface area contributed by atoms with Crippen LogP contribution in [-0.4, -0.2) is 27.3 Å². The average molecular weight is 330 g/mol. The summed E-state index contributed by atoms with van der Waals surface area (Å²) in [6.45, 7) is 0.182. The largest absolute Gasteiger partial charge is 0.381 e. The normalized spacial score (nSPS) is 15.7. The standard InChI is InChI=1S/C16H15FN4O3/c1-19-13(12(7-18)14(22)20(2)15(19)23)21-8-16(24,9-21)10-3-5-11(17)6-4-10/h3-6,24H,8-9H2,1-2H3. The minimum Gasteiger partial charge on any atom is -0.381 e. The van der Waals surface area contributed by atoms with Crippen LogP contribution in [0.15, 0.2) is 33.9 Å². The van der Waals surface area contributed by atoms with Crippen molar-refractivity contribution < 1.29 is 9.50 Å². The van der Waals surface area contributed by atoms with Crippen LogP contribution in [0.4, 0.5) is 10.2 Å². The summed E-state index contributed by atoms with van der Waals surface area (Å²) in [5.41, 5.74) is -2.07. The molecule has 0 saturated carbocycles. The van der Waals surface area contributed by atoms with E-state index >= 15 is 0 Å². The summed E-state index contributed by atoms with van der Waals surface area (Å²) in [5.74, 6) is -0.225. The first-order valence-electron chi connectivity index (χ1n) is 7.22. The summed E-state index contributed by atoms with van der Waals surface area (Å²) in [5, 5.41) is 19.9. The first kappa shape index (κ1) is 16.0. The number of halogens is 1. The predicted octanol–water partition coefficient (Wildman–Crippen LogP) is -0.197. The Labute approximate surface area is 136 Å². The van der Waals surface area contributed by atoms with E-state index in [1.807, 2.05) is 6.07 Å². The van der Waals surface area contributed by atoms with Gasteiger partial charge in [0.25, 0.3) is 5.56 Å². The molecular formula is C16H15FN4O3. The lowest BCUT2D eigenvalue weighted by molar-refractivity contribution is 0.00651. The molecule has 1 aliphatic heterocycles. The van der Waals surface area contributed by atoms with Gasteiger partial charge in [-0.2, -0.15) is 5.26 Å². The molecule has 0 bridgehead atoms. The van der Waals surface area contributed by atoms with E-state index in [2.05, 4.69) is 0 Å². The van der Waals surface area contributed by atoms with Crippen molar-refractivity contribution >= 4 is 5.82 Å². The van der Waals surface area contributed by atoms with Crippen LogP contribution in [0.5, 0.6) is 0 Å². The number of nitrogens with zero attached hydrogens (tertiary/aromatic N) is 4. The molecule has 2 aromatic rings. The maximum atomic E-state index is 13.0. The molecule has 3 rings (SSSR count). The van der Waals surface area contributed by atoms with Gasteiger partial charge in [-0.3, -0.25) is 13.9 Å². The molecule has 1 aromatic carbocycles. The lowest BCUT2D eigenvalue weighted by Crippen LogP contribution is -2.61. The molecule has 24 heavy (non-hydrogen) atoms. The highest BCUT2D eigenvalue weighted by Gasteiger charge is 2.44. The Balaban J connectivity index is 2.00. The van der Waals surface area contributed by atoms with Gasteiger partial charge in [-0.15, -0.1) is 0 Å². The van der Waals surface area contributed by atoms with Gasteiger partial charge in [0.05, 0.1) is 13.1 Å². The summed E-state index contributed by atoms with van der Waals surface area (Å²) in [6.07, 6.45) is 0. The summed E-state index contributed by atoms with van der Waals surface area (Å²) in [7, 11) is 2.77. The van der Waals surface area contributed by atoms with Crippen LogP contribution in [-0.2, 0) is 19.7 Å². The van der Waals surface area contributed by atoms with E-state index in [9.17, 15) is 24.3 Å². The molecular weight excluding hydrogens is 315 g/mol. The van der Waals surface area contributed by atoms with Crippen LogP contribution < -0.4 is 16.1 Å². The van der Waals surface area contributed by atoms with Gasteiger partial charge in [-0.1, -0.05) is 12.1 Å². The van der Waals surface area contributed by atoms with Gasteiger partial charge >= 0.3 is 5.69 Å². The predicted molar refractivity (Wildman–Crippen MR) is 84.1 cm³/mol. The number of nitriles is 1. The zero-order chi connectivity index (χ0) is 17.6. The first-order chi connectivity index (χ1) is 11.3. The van der Waals surface area contributed by atoms with E-state index < -0.39 is 22.7 Å². The minimum absolute atomic E-state index is 0.0910. The Kier molecular flexibility index (Phi) is 3.53. The molecule has 8 heteroatoms. The second kappa shape index (κ2) is 5.32. The summed E-state index contributed by atoms with van der Waals surface area (Å²) >= 11 is 0. The second-order valence-electron chi connectivity index (χ2n) is 5.91. The molecule has 124 valence electrons. The third-order valence-electron chi connectivity index (χ3n) is 4.33. The topological polar surface area (TPSA) is 91.3 Å². The molecule has 1 aromatic heterocycles. The Morgan fingerprint density at radius 1 is 1.17 bits per heavy atom. The number of hydrogen-bond acceptors (Lipinski definition) is 5. The van der Waals surface area contributed by atoms with Crippen LogP contribution in [0.3, 0.4) is 0 Å². The molecule has 0 radical (unpaired) electrons. The van der Waals surface area contributed by atoms with Crippen LogP contribution in [0.25, 0.3) is 0 Å². The van der Waals surface area contributed by atoms with Crippen molar-refractivity contribution in [1.29, 1.82) is 5.26 Å². The van der Waals surface area contributed by atoms with Crippen molar-refractivity contribution in [3.05, 3.63) is 62.0 Å². The van der Waals surface area contributed by atoms with Gasteiger partial charge in [-0.05, 0) is 17.7 Å². The Morgan fingerprint density at radius 2 is 1.75 bits per heavy atom. The molecule has 1 aliphatic rings. The van der Waals surface area contributed by atoms with Gasteiger partial charge in [0, 0.05) is 14.1 Å². The SMILES string of the molecule is Cn1c(N2CC(O)(c3ccc(F)cc3)C2)c(C#N)c(=O)n(C)c1=O. The Hall–Kier alpha value is -2.92. The summed E-state index contributed by atoms with van der Waals surface area (Å²) < 4.78 is 15.1. The number of benzene rings is 1. The molecule has 1 saturated heterocycles. The van der Waals surface area contributed by atoms with E-state index in [4.69, 9.17) is 0 Å². The third kappa shape index (κ3) is 2.21. The average Bonchev–Trinajstić information content (AvgIpc) is 2.54. The fraction of sp³-hybridized carbons (Fsp3) is 0.312. The number of aromatic nitrogens is 2. The quantitative estimate of drug-likeness (QED) is 0.824. The minimum atomic E-state index is -1.22.